The van der Waals surface area contributed by atoms with Gasteiger partial charge in [-0.05, 0) is 43.0 Å². The SMILES string of the molecule is CC(=O)N1CCc2n[nH]c(C)c2C1.CCCc1cc(-c2cnn(C)c2)cc(F)c1C. The second kappa shape index (κ2) is 9.24. The van der Waals surface area contributed by atoms with Gasteiger partial charge in [0.25, 0.3) is 0 Å². The van der Waals surface area contributed by atoms with Crippen LogP contribution in [0.5, 0.6) is 0 Å². The van der Waals surface area contributed by atoms with E-state index in [0.717, 1.165) is 59.4 Å². The van der Waals surface area contributed by atoms with Crippen LogP contribution in [0.2, 0.25) is 0 Å². The molecule has 0 radical (unpaired) electrons. The number of nitrogens with one attached hydrogen (secondary N) is 1. The van der Waals surface area contributed by atoms with Gasteiger partial charge in [0.2, 0.25) is 5.91 Å². The number of nitrogens with zero attached hydrogens (tertiary/aromatic N) is 4. The molecule has 0 saturated heterocycles. The van der Waals surface area contributed by atoms with Crippen LogP contribution in [0.3, 0.4) is 0 Å². The van der Waals surface area contributed by atoms with Crippen molar-refractivity contribution >= 4 is 5.91 Å². The number of aryl methyl sites for hydroxylation is 3. The van der Waals surface area contributed by atoms with Crippen molar-refractivity contribution in [3.05, 3.63) is 58.4 Å². The molecule has 3 aromatic rings. The maximum Gasteiger partial charge on any atom is 0.219 e. The number of H-pyrrole nitrogens is 1. The van der Waals surface area contributed by atoms with E-state index >= 15 is 0 Å². The fraction of sp³-hybridized carbons (Fsp3) is 0.435. The molecular formula is C23H30FN5O. The lowest BCUT2D eigenvalue weighted by atomic mass is 9.98. The van der Waals surface area contributed by atoms with Crippen LogP contribution in [-0.2, 0) is 31.2 Å². The summed E-state index contributed by atoms with van der Waals surface area (Å²) in [6.07, 6.45) is 6.48. The van der Waals surface area contributed by atoms with Crippen molar-refractivity contribution in [3.63, 3.8) is 0 Å². The largest absolute Gasteiger partial charge is 0.338 e. The van der Waals surface area contributed by atoms with Crippen LogP contribution in [0.4, 0.5) is 4.39 Å². The third-order valence-corrected chi connectivity index (χ3v) is 5.58. The van der Waals surface area contributed by atoms with Gasteiger partial charge in [0, 0.05) is 56.5 Å². The van der Waals surface area contributed by atoms with Gasteiger partial charge < -0.3 is 4.90 Å². The molecule has 1 N–H and O–H groups in total. The molecule has 0 saturated carbocycles. The first-order valence-corrected chi connectivity index (χ1v) is 10.4. The van der Waals surface area contributed by atoms with E-state index in [4.69, 9.17) is 0 Å². The highest BCUT2D eigenvalue weighted by molar-refractivity contribution is 5.73. The highest BCUT2D eigenvalue weighted by atomic mass is 19.1. The Hall–Kier alpha value is -2.96. The van der Waals surface area contributed by atoms with Crippen LogP contribution in [0.25, 0.3) is 11.1 Å². The maximum absolute atomic E-state index is 13.8. The van der Waals surface area contributed by atoms with Gasteiger partial charge in [0.05, 0.1) is 11.9 Å². The number of benzene rings is 1. The first-order valence-electron chi connectivity index (χ1n) is 10.4. The molecule has 0 fully saturated rings. The Morgan fingerprint density at radius 2 is 2.03 bits per heavy atom. The summed E-state index contributed by atoms with van der Waals surface area (Å²) in [6.45, 7) is 9.07. The lowest BCUT2D eigenvalue weighted by molar-refractivity contribution is -0.129. The van der Waals surface area contributed by atoms with Crippen molar-refractivity contribution in [2.45, 2.75) is 53.5 Å². The predicted octanol–water partition coefficient (Wildman–Crippen LogP) is 4.11. The zero-order chi connectivity index (χ0) is 21.8. The van der Waals surface area contributed by atoms with Crippen molar-refractivity contribution in [2.75, 3.05) is 6.54 Å². The van der Waals surface area contributed by atoms with Crippen LogP contribution < -0.4 is 0 Å². The summed E-state index contributed by atoms with van der Waals surface area (Å²) in [4.78, 5) is 13.0. The lowest BCUT2D eigenvalue weighted by Crippen LogP contribution is -2.34. The van der Waals surface area contributed by atoms with Crippen molar-refractivity contribution in [1.82, 2.24) is 24.9 Å². The number of halogens is 1. The number of amides is 1. The molecule has 7 heteroatoms. The van der Waals surface area contributed by atoms with E-state index in [0.29, 0.717) is 6.54 Å². The molecule has 4 rings (SSSR count). The van der Waals surface area contributed by atoms with E-state index in [1.165, 1.54) is 5.56 Å². The fourth-order valence-corrected chi connectivity index (χ4v) is 3.70. The molecule has 0 bridgehead atoms. The molecular weight excluding hydrogens is 381 g/mol. The van der Waals surface area contributed by atoms with Crippen LogP contribution in [0, 0.1) is 19.7 Å². The predicted molar refractivity (Wildman–Crippen MR) is 115 cm³/mol. The van der Waals surface area contributed by atoms with Crippen LogP contribution in [0.15, 0.2) is 24.5 Å². The molecule has 0 spiro atoms. The molecule has 30 heavy (non-hydrogen) atoms. The molecule has 1 aliphatic rings. The summed E-state index contributed by atoms with van der Waals surface area (Å²) in [5.41, 5.74) is 7.12. The minimum absolute atomic E-state index is 0.130. The number of carbonyl (C=O) groups is 1. The van der Waals surface area contributed by atoms with Gasteiger partial charge in [0.15, 0.2) is 0 Å². The number of aromatic nitrogens is 4. The van der Waals surface area contributed by atoms with E-state index in [-0.39, 0.29) is 11.7 Å². The van der Waals surface area contributed by atoms with Gasteiger partial charge in [-0.2, -0.15) is 10.2 Å². The Kier molecular flexibility index (Phi) is 6.70. The number of hydrogen-bond donors (Lipinski definition) is 1. The standard InChI is InChI=1S/C14H17FN2.C9H13N3O/c1-4-5-11-6-12(7-14(15)10(11)2)13-8-16-17(3)9-13;1-6-8-5-12(7(2)13)4-3-9(8)11-10-6/h6-9H,4-5H2,1-3H3;3-5H2,1-2H3,(H,10,11). The van der Waals surface area contributed by atoms with E-state index in [1.54, 1.807) is 23.9 Å². The monoisotopic (exact) mass is 411 g/mol. The second-order valence-corrected chi connectivity index (χ2v) is 7.86. The molecule has 1 amide bonds. The first kappa shape index (κ1) is 21.7. The zero-order valence-electron chi connectivity index (χ0n) is 18.4. The molecule has 160 valence electrons. The van der Waals surface area contributed by atoms with E-state index in [2.05, 4.69) is 28.3 Å². The number of carbonyl (C=O) groups excluding carboxylic acids is 1. The highest BCUT2D eigenvalue weighted by Gasteiger charge is 2.21. The maximum atomic E-state index is 13.8. The summed E-state index contributed by atoms with van der Waals surface area (Å²) in [6, 6.07) is 3.66. The minimum atomic E-state index is -0.130. The molecule has 1 aliphatic heterocycles. The Balaban J connectivity index is 0.000000177. The summed E-state index contributed by atoms with van der Waals surface area (Å²) in [5, 5.41) is 11.3. The Labute approximate surface area is 177 Å². The lowest BCUT2D eigenvalue weighted by Gasteiger charge is -2.25. The van der Waals surface area contributed by atoms with Crippen LogP contribution >= 0.6 is 0 Å². The Morgan fingerprint density at radius 1 is 1.27 bits per heavy atom. The van der Waals surface area contributed by atoms with Gasteiger partial charge in [-0.3, -0.25) is 14.6 Å². The minimum Gasteiger partial charge on any atom is -0.338 e. The van der Waals surface area contributed by atoms with Crippen molar-refractivity contribution in [1.29, 1.82) is 0 Å². The molecule has 0 unspecified atom stereocenters. The molecule has 6 nitrogen and oxygen atoms in total. The average Bonchev–Trinajstić information content (AvgIpc) is 3.31. The summed E-state index contributed by atoms with van der Waals surface area (Å²) in [7, 11) is 1.86. The van der Waals surface area contributed by atoms with Crippen LogP contribution in [0.1, 0.15) is 48.3 Å². The molecule has 1 aromatic carbocycles. The average molecular weight is 412 g/mol. The normalized spacial score (nSPS) is 12.9. The molecule has 0 atom stereocenters. The van der Waals surface area contributed by atoms with Crippen LogP contribution in [-0.4, -0.2) is 37.3 Å². The van der Waals surface area contributed by atoms with Gasteiger partial charge in [-0.25, -0.2) is 4.39 Å². The van der Waals surface area contributed by atoms with E-state index in [1.807, 2.05) is 32.0 Å². The van der Waals surface area contributed by atoms with Gasteiger partial charge in [0.1, 0.15) is 5.82 Å². The van der Waals surface area contributed by atoms with E-state index in [9.17, 15) is 9.18 Å². The first-order chi connectivity index (χ1) is 14.3. The highest BCUT2D eigenvalue weighted by Crippen LogP contribution is 2.25. The number of hydrogen-bond acceptors (Lipinski definition) is 3. The number of aromatic amines is 1. The van der Waals surface area contributed by atoms with Gasteiger partial charge in [-0.15, -0.1) is 0 Å². The van der Waals surface area contributed by atoms with Gasteiger partial charge >= 0.3 is 0 Å². The molecule has 0 aliphatic carbocycles. The number of rotatable bonds is 3. The van der Waals surface area contributed by atoms with E-state index < -0.39 is 0 Å². The van der Waals surface area contributed by atoms with Crippen molar-refractivity contribution in [2.24, 2.45) is 7.05 Å². The third-order valence-electron chi connectivity index (χ3n) is 5.58. The fourth-order valence-electron chi connectivity index (χ4n) is 3.70. The Morgan fingerprint density at radius 3 is 2.67 bits per heavy atom. The van der Waals surface area contributed by atoms with Crippen molar-refractivity contribution in [3.8, 4) is 11.1 Å². The summed E-state index contributed by atoms with van der Waals surface area (Å²) >= 11 is 0. The van der Waals surface area contributed by atoms with Gasteiger partial charge in [-0.1, -0.05) is 19.4 Å². The third kappa shape index (κ3) is 4.78. The quantitative estimate of drug-likeness (QED) is 0.705. The summed E-state index contributed by atoms with van der Waals surface area (Å²) < 4.78 is 15.6. The van der Waals surface area contributed by atoms with Crippen molar-refractivity contribution < 1.29 is 9.18 Å². The topological polar surface area (TPSA) is 66.8 Å². The smallest absolute Gasteiger partial charge is 0.219 e. The number of fused-ring (bicyclic) bond motifs is 1. The Bertz CT molecular complexity index is 1040. The second-order valence-electron chi connectivity index (χ2n) is 7.86. The molecule has 3 heterocycles. The summed E-state index contributed by atoms with van der Waals surface area (Å²) in [5.74, 6) is 0.0149. The zero-order valence-corrected chi connectivity index (χ0v) is 18.4. The molecule has 2 aromatic heterocycles.